The van der Waals surface area contributed by atoms with Gasteiger partial charge in [0.1, 0.15) is 0 Å². The van der Waals surface area contributed by atoms with E-state index in [1.165, 1.54) is 12.1 Å². The highest BCUT2D eigenvalue weighted by atomic mass is 19.4. The van der Waals surface area contributed by atoms with Crippen LogP contribution in [0.2, 0.25) is 0 Å². The maximum atomic E-state index is 11.8. The van der Waals surface area contributed by atoms with Gasteiger partial charge in [0.15, 0.2) is 0 Å². The molecule has 0 fully saturated rings. The molecule has 0 aliphatic carbocycles. The van der Waals surface area contributed by atoms with E-state index in [0.29, 0.717) is 0 Å². The summed E-state index contributed by atoms with van der Waals surface area (Å²) in [4.78, 5) is 10.5. The molecule has 1 aromatic rings. The van der Waals surface area contributed by atoms with Crippen molar-refractivity contribution in [2.75, 3.05) is 0 Å². The lowest BCUT2D eigenvalue weighted by Gasteiger charge is -2.03. The first-order valence-electron chi connectivity index (χ1n) is 5.18. The summed E-state index contributed by atoms with van der Waals surface area (Å²) < 4.78 is 35.4. The number of hydrogen-bond acceptors (Lipinski definition) is 1. The second-order valence-electron chi connectivity index (χ2n) is 2.19. The van der Waals surface area contributed by atoms with Crippen LogP contribution in [0.15, 0.2) is 30.3 Å². The fourth-order valence-electron chi connectivity index (χ4n) is 0.753. The highest BCUT2D eigenvalue weighted by molar-refractivity contribution is 6.00. The molecule has 0 atom stereocenters. The zero-order valence-electron chi connectivity index (χ0n) is 9.93. The van der Waals surface area contributed by atoms with Gasteiger partial charge in [0, 0.05) is 5.56 Å². The van der Waals surface area contributed by atoms with Crippen molar-refractivity contribution < 1.29 is 18.0 Å². The van der Waals surface area contributed by atoms with Gasteiger partial charge in [-0.05, 0) is 0 Å². The highest BCUT2D eigenvalue weighted by Gasteiger charge is 2.38. The van der Waals surface area contributed by atoms with Gasteiger partial charge in [-0.3, -0.25) is 4.79 Å². The van der Waals surface area contributed by atoms with Crippen LogP contribution in [0, 0.1) is 0 Å². The number of carbonyl (C=O) groups excluding carboxylic acids is 1. The SMILES string of the molecule is CC.CC.O=C(c1ccccc1)C(F)(F)F. The molecule has 0 radical (unpaired) electrons. The second kappa shape index (κ2) is 8.95. The monoisotopic (exact) mass is 234 g/mol. The first-order chi connectivity index (χ1) is 7.52. The first kappa shape index (κ1) is 17.1. The van der Waals surface area contributed by atoms with Crippen molar-refractivity contribution in [3.63, 3.8) is 0 Å². The molecule has 0 aromatic heterocycles. The molecule has 0 aliphatic heterocycles. The Morgan fingerprint density at radius 3 is 1.62 bits per heavy atom. The third-order valence-corrected chi connectivity index (χ3v) is 1.29. The normalized spacial score (nSPS) is 9.19. The van der Waals surface area contributed by atoms with Crippen LogP contribution in [0.4, 0.5) is 13.2 Å². The van der Waals surface area contributed by atoms with Crippen LogP contribution >= 0.6 is 0 Å². The first-order valence-corrected chi connectivity index (χ1v) is 5.18. The summed E-state index contributed by atoms with van der Waals surface area (Å²) in [6.45, 7) is 8.00. The molecular formula is C12H17F3O. The number of ketones is 1. The molecule has 0 saturated heterocycles. The van der Waals surface area contributed by atoms with Gasteiger partial charge < -0.3 is 0 Å². The summed E-state index contributed by atoms with van der Waals surface area (Å²) in [7, 11) is 0. The molecule has 0 spiro atoms. The number of halogens is 3. The van der Waals surface area contributed by atoms with Gasteiger partial charge in [0.25, 0.3) is 5.78 Å². The van der Waals surface area contributed by atoms with Crippen molar-refractivity contribution >= 4 is 5.78 Å². The van der Waals surface area contributed by atoms with E-state index in [9.17, 15) is 18.0 Å². The van der Waals surface area contributed by atoms with Crippen molar-refractivity contribution in [3.05, 3.63) is 35.9 Å². The lowest BCUT2D eigenvalue weighted by molar-refractivity contribution is -0.0885. The van der Waals surface area contributed by atoms with Crippen LogP contribution in [-0.2, 0) is 0 Å². The molecule has 0 amide bonds. The average Bonchev–Trinajstić information content (AvgIpc) is 2.33. The van der Waals surface area contributed by atoms with E-state index in [0.717, 1.165) is 12.1 Å². The maximum Gasteiger partial charge on any atom is 0.454 e. The summed E-state index contributed by atoms with van der Waals surface area (Å²) in [5.41, 5.74) is -0.329. The minimum Gasteiger partial charge on any atom is -0.284 e. The smallest absolute Gasteiger partial charge is 0.284 e. The van der Waals surface area contributed by atoms with E-state index in [2.05, 4.69) is 0 Å². The molecule has 0 bridgehead atoms. The topological polar surface area (TPSA) is 17.1 Å². The van der Waals surface area contributed by atoms with Crippen molar-refractivity contribution in [2.45, 2.75) is 33.9 Å². The van der Waals surface area contributed by atoms with Crippen LogP contribution in [0.25, 0.3) is 0 Å². The maximum absolute atomic E-state index is 11.8. The van der Waals surface area contributed by atoms with Crippen LogP contribution in [-0.4, -0.2) is 12.0 Å². The standard InChI is InChI=1S/C8H5F3O.2C2H6/c9-8(10,11)7(12)6-4-2-1-3-5-6;2*1-2/h1-5H;2*1-2H3. The van der Waals surface area contributed by atoms with Crippen molar-refractivity contribution in [3.8, 4) is 0 Å². The number of hydrogen-bond donors (Lipinski definition) is 0. The van der Waals surface area contributed by atoms with E-state index in [-0.39, 0.29) is 5.56 Å². The van der Waals surface area contributed by atoms with Gasteiger partial charge >= 0.3 is 6.18 Å². The summed E-state index contributed by atoms with van der Waals surface area (Å²) in [5.74, 6) is -1.80. The molecule has 0 N–H and O–H groups in total. The van der Waals surface area contributed by atoms with E-state index < -0.39 is 12.0 Å². The number of benzene rings is 1. The fraction of sp³-hybridized carbons (Fsp3) is 0.417. The Bertz CT molecular complexity index is 278. The molecule has 0 saturated carbocycles. The summed E-state index contributed by atoms with van der Waals surface area (Å²) >= 11 is 0. The molecule has 16 heavy (non-hydrogen) atoms. The molecule has 4 heteroatoms. The Morgan fingerprint density at radius 2 is 1.31 bits per heavy atom. The Hall–Kier alpha value is -1.32. The molecule has 1 nitrogen and oxygen atoms in total. The second-order valence-corrected chi connectivity index (χ2v) is 2.19. The van der Waals surface area contributed by atoms with Crippen LogP contribution < -0.4 is 0 Å². The number of Topliss-reactive ketones (excluding diaryl/α,β-unsaturated/α-hetero) is 1. The summed E-state index contributed by atoms with van der Waals surface area (Å²) in [6.07, 6.45) is -4.78. The fourth-order valence-corrected chi connectivity index (χ4v) is 0.753. The summed E-state index contributed by atoms with van der Waals surface area (Å²) in [5, 5.41) is 0. The quantitative estimate of drug-likeness (QED) is 0.654. The molecular weight excluding hydrogens is 217 g/mol. The molecule has 0 heterocycles. The number of carbonyl (C=O) groups is 1. The molecule has 92 valence electrons. The van der Waals surface area contributed by atoms with E-state index in [1.807, 2.05) is 27.7 Å². The van der Waals surface area contributed by atoms with Gasteiger partial charge in [0.05, 0.1) is 0 Å². The number of alkyl halides is 3. The van der Waals surface area contributed by atoms with Gasteiger partial charge in [0.2, 0.25) is 0 Å². The molecule has 0 unspecified atom stereocenters. The van der Waals surface area contributed by atoms with Crippen molar-refractivity contribution in [1.29, 1.82) is 0 Å². The third-order valence-electron chi connectivity index (χ3n) is 1.29. The average molecular weight is 234 g/mol. The third kappa shape index (κ3) is 6.22. The Labute approximate surface area is 94.3 Å². The Balaban J connectivity index is 0. The Kier molecular flexibility index (Phi) is 9.55. The largest absolute Gasteiger partial charge is 0.454 e. The van der Waals surface area contributed by atoms with Crippen LogP contribution in [0.5, 0.6) is 0 Å². The lowest BCUT2D eigenvalue weighted by atomic mass is 10.1. The van der Waals surface area contributed by atoms with Crippen LogP contribution in [0.1, 0.15) is 38.1 Å². The Morgan fingerprint density at radius 1 is 0.938 bits per heavy atom. The molecule has 0 aliphatic rings. The minimum atomic E-state index is -4.78. The van der Waals surface area contributed by atoms with Crippen molar-refractivity contribution in [2.24, 2.45) is 0 Å². The van der Waals surface area contributed by atoms with Crippen molar-refractivity contribution in [1.82, 2.24) is 0 Å². The zero-order chi connectivity index (χ0) is 13.2. The van der Waals surface area contributed by atoms with Crippen LogP contribution in [0.3, 0.4) is 0 Å². The van der Waals surface area contributed by atoms with E-state index in [4.69, 9.17) is 0 Å². The number of rotatable bonds is 1. The molecule has 1 rings (SSSR count). The van der Waals surface area contributed by atoms with Gasteiger partial charge in [-0.1, -0.05) is 58.0 Å². The lowest BCUT2D eigenvalue weighted by Crippen LogP contribution is -2.22. The van der Waals surface area contributed by atoms with Gasteiger partial charge in [-0.25, -0.2) is 0 Å². The highest BCUT2D eigenvalue weighted by Crippen LogP contribution is 2.20. The predicted molar refractivity (Wildman–Crippen MR) is 59.5 cm³/mol. The minimum absolute atomic E-state index is 0.329. The van der Waals surface area contributed by atoms with E-state index in [1.54, 1.807) is 6.07 Å². The van der Waals surface area contributed by atoms with Gasteiger partial charge in [-0.2, -0.15) is 13.2 Å². The molecule has 1 aromatic carbocycles. The van der Waals surface area contributed by atoms with Gasteiger partial charge in [-0.15, -0.1) is 0 Å². The zero-order valence-corrected chi connectivity index (χ0v) is 9.93. The predicted octanol–water partition coefficient (Wildman–Crippen LogP) is 4.48. The van der Waals surface area contributed by atoms with E-state index >= 15 is 0 Å². The summed E-state index contributed by atoms with van der Waals surface area (Å²) in [6, 6.07) is 6.59.